The molecule has 0 aliphatic carbocycles. The smallest absolute Gasteiger partial charge is 0.220 e. The third-order valence-corrected chi connectivity index (χ3v) is 2.62. The molecule has 1 amide bonds. The van der Waals surface area contributed by atoms with Gasteiger partial charge in [-0.1, -0.05) is 26.2 Å². The lowest BCUT2D eigenvalue weighted by Crippen LogP contribution is -2.27. The molecule has 1 unspecified atom stereocenters. The van der Waals surface area contributed by atoms with E-state index in [0.717, 1.165) is 12.8 Å². The van der Waals surface area contributed by atoms with Crippen LogP contribution in [-0.2, 0) is 4.79 Å². The average molecular weight is 239 g/mol. The molecule has 4 heteroatoms. The molecule has 1 aromatic rings. The van der Waals surface area contributed by atoms with E-state index in [1.165, 1.54) is 19.1 Å². The van der Waals surface area contributed by atoms with Crippen LogP contribution in [0.5, 0.6) is 0 Å². The number of furan rings is 1. The van der Waals surface area contributed by atoms with Gasteiger partial charge in [0.25, 0.3) is 0 Å². The van der Waals surface area contributed by atoms with Crippen LogP contribution < -0.4 is 5.32 Å². The summed E-state index contributed by atoms with van der Waals surface area (Å²) in [6.07, 6.45) is 5.61. The lowest BCUT2D eigenvalue weighted by Gasteiger charge is -2.09. The van der Waals surface area contributed by atoms with Gasteiger partial charge in [-0.15, -0.1) is 0 Å². The first-order valence-electron chi connectivity index (χ1n) is 6.22. The number of unbranched alkanes of at least 4 members (excludes halogenated alkanes) is 3. The van der Waals surface area contributed by atoms with Crippen molar-refractivity contribution in [1.82, 2.24) is 5.32 Å². The van der Waals surface area contributed by atoms with Crippen molar-refractivity contribution in [2.75, 3.05) is 6.54 Å². The molecule has 1 heterocycles. The number of nitrogens with one attached hydrogen (secondary N) is 1. The number of rotatable bonds is 8. The standard InChI is InChI=1S/C13H21NO3/c1-2-3-4-5-8-13(16)14-10-11(15)12-7-6-9-17-12/h6-7,9,11,15H,2-5,8,10H2,1H3,(H,14,16). The van der Waals surface area contributed by atoms with Crippen molar-refractivity contribution >= 4 is 5.91 Å². The molecule has 4 nitrogen and oxygen atoms in total. The second-order valence-electron chi connectivity index (χ2n) is 4.15. The van der Waals surface area contributed by atoms with E-state index >= 15 is 0 Å². The Morgan fingerprint density at radius 3 is 2.94 bits per heavy atom. The number of carbonyl (C=O) groups is 1. The predicted molar refractivity (Wildman–Crippen MR) is 65.4 cm³/mol. The maximum atomic E-state index is 11.4. The third-order valence-electron chi connectivity index (χ3n) is 2.62. The number of carbonyl (C=O) groups excluding carboxylic acids is 1. The molecular weight excluding hydrogens is 218 g/mol. The molecule has 0 aliphatic rings. The summed E-state index contributed by atoms with van der Waals surface area (Å²) in [5.41, 5.74) is 0. The topological polar surface area (TPSA) is 62.5 Å². The van der Waals surface area contributed by atoms with Gasteiger partial charge in [0.2, 0.25) is 5.91 Å². The number of hydrogen-bond donors (Lipinski definition) is 2. The van der Waals surface area contributed by atoms with Crippen molar-refractivity contribution in [2.45, 2.75) is 45.1 Å². The van der Waals surface area contributed by atoms with E-state index < -0.39 is 6.10 Å². The first-order valence-corrected chi connectivity index (χ1v) is 6.22. The van der Waals surface area contributed by atoms with Crippen LogP contribution in [0.3, 0.4) is 0 Å². The van der Waals surface area contributed by atoms with Gasteiger partial charge in [-0.3, -0.25) is 4.79 Å². The molecule has 1 aromatic heterocycles. The number of aliphatic hydroxyl groups excluding tert-OH is 1. The fourth-order valence-corrected chi connectivity index (χ4v) is 1.59. The van der Waals surface area contributed by atoms with Crippen molar-refractivity contribution in [2.24, 2.45) is 0 Å². The van der Waals surface area contributed by atoms with E-state index in [1.807, 2.05) is 0 Å². The van der Waals surface area contributed by atoms with Crippen LogP contribution in [0.1, 0.15) is 50.9 Å². The molecule has 2 N–H and O–H groups in total. The number of amides is 1. The Labute approximate surface area is 102 Å². The Kier molecular flexibility index (Phi) is 6.40. The Hall–Kier alpha value is -1.29. The van der Waals surface area contributed by atoms with Gasteiger partial charge in [0.05, 0.1) is 12.8 Å². The lowest BCUT2D eigenvalue weighted by atomic mass is 10.1. The normalized spacial score (nSPS) is 12.4. The zero-order chi connectivity index (χ0) is 12.5. The predicted octanol–water partition coefficient (Wildman–Crippen LogP) is 2.40. The van der Waals surface area contributed by atoms with Crippen molar-refractivity contribution in [3.63, 3.8) is 0 Å². The van der Waals surface area contributed by atoms with E-state index in [4.69, 9.17) is 4.42 Å². The number of hydrogen-bond acceptors (Lipinski definition) is 3. The highest BCUT2D eigenvalue weighted by molar-refractivity contribution is 5.75. The molecule has 1 rings (SSSR count). The molecule has 0 bridgehead atoms. The summed E-state index contributed by atoms with van der Waals surface area (Å²) >= 11 is 0. The molecule has 0 saturated heterocycles. The Morgan fingerprint density at radius 2 is 2.29 bits per heavy atom. The molecule has 1 atom stereocenters. The fraction of sp³-hybridized carbons (Fsp3) is 0.615. The summed E-state index contributed by atoms with van der Waals surface area (Å²) in [6.45, 7) is 2.35. The molecule has 96 valence electrons. The van der Waals surface area contributed by atoms with Crippen LogP contribution in [0.4, 0.5) is 0 Å². The summed E-state index contributed by atoms with van der Waals surface area (Å²) in [4.78, 5) is 11.4. The van der Waals surface area contributed by atoms with Gasteiger partial charge in [-0.25, -0.2) is 0 Å². The van der Waals surface area contributed by atoms with E-state index in [1.54, 1.807) is 12.1 Å². The van der Waals surface area contributed by atoms with Crippen molar-refractivity contribution < 1.29 is 14.3 Å². The van der Waals surface area contributed by atoms with Gasteiger partial charge < -0.3 is 14.8 Å². The zero-order valence-corrected chi connectivity index (χ0v) is 10.3. The molecule has 0 aliphatic heterocycles. The van der Waals surface area contributed by atoms with Crippen LogP contribution in [0.25, 0.3) is 0 Å². The SMILES string of the molecule is CCCCCCC(=O)NCC(O)c1ccco1. The Balaban J connectivity index is 2.11. The minimum atomic E-state index is -0.760. The lowest BCUT2D eigenvalue weighted by molar-refractivity contribution is -0.121. The van der Waals surface area contributed by atoms with E-state index in [0.29, 0.717) is 12.2 Å². The summed E-state index contributed by atoms with van der Waals surface area (Å²) < 4.78 is 5.04. The molecule has 0 spiro atoms. The molecule has 0 radical (unpaired) electrons. The maximum absolute atomic E-state index is 11.4. The van der Waals surface area contributed by atoms with E-state index in [9.17, 15) is 9.90 Å². The highest BCUT2D eigenvalue weighted by Gasteiger charge is 2.11. The second-order valence-corrected chi connectivity index (χ2v) is 4.15. The monoisotopic (exact) mass is 239 g/mol. The summed E-state index contributed by atoms with van der Waals surface area (Å²) in [6, 6.07) is 3.41. The van der Waals surface area contributed by atoms with E-state index in [-0.39, 0.29) is 12.5 Å². The van der Waals surface area contributed by atoms with Gasteiger partial charge in [-0.05, 0) is 18.6 Å². The van der Waals surface area contributed by atoms with Crippen molar-refractivity contribution in [3.8, 4) is 0 Å². The highest BCUT2D eigenvalue weighted by atomic mass is 16.4. The molecule has 0 fully saturated rings. The number of aliphatic hydroxyl groups is 1. The first kappa shape index (κ1) is 13.8. The van der Waals surface area contributed by atoms with Gasteiger partial charge in [0.1, 0.15) is 11.9 Å². The van der Waals surface area contributed by atoms with E-state index in [2.05, 4.69) is 12.2 Å². The first-order chi connectivity index (χ1) is 8.24. The average Bonchev–Trinajstić information content (AvgIpc) is 2.85. The Morgan fingerprint density at radius 1 is 1.47 bits per heavy atom. The van der Waals surface area contributed by atoms with Crippen LogP contribution in [-0.4, -0.2) is 17.6 Å². The van der Waals surface area contributed by atoms with Crippen LogP contribution in [0, 0.1) is 0 Å². The molecule has 17 heavy (non-hydrogen) atoms. The minimum Gasteiger partial charge on any atom is -0.467 e. The van der Waals surface area contributed by atoms with Gasteiger partial charge >= 0.3 is 0 Å². The maximum Gasteiger partial charge on any atom is 0.220 e. The van der Waals surface area contributed by atoms with Crippen LogP contribution >= 0.6 is 0 Å². The molecule has 0 saturated carbocycles. The second kappa shape index (κ2) is 7.90. The largest absolute Gasteiger partial charge is 0.467 e. The van der Waals surface area contributed by atoms with Gasteiger partial charge in [0, 0.05) is 6.42 Å². The quantitative estimate of drug-likeness (QED) is 0.685. The Bertz CT molecular complexity index is 308. The summed E-state index contributed by atoms with van der Waals surface area (Å²) in [5, 5.41) is 12.4. The van der Waals surface area contributed by atoms with Gasteiger partial charge in [0.15, 0.2) is 0 Å². The minimum absolute atomic E-state index is 0.00768. The molecular formula is C13H21NO3. The van der Waals surface area contributed by atoms with Crippen LogP contribution in [0.2, 0.25) is 0 Å². The third kappa shape index (κ3) is 5.54. The summed E-state index contributed by atoms with van der Waals surface area (Å²) in [7, 11) is 0. The van der Waals surface area contributed by atoms with Crippen molar-refractivity contribution in [1.29, 1.82) is 0 Å². The summed E-state index contributed by atoms with van der Waals surface area (Å²) in [5.74, 6) is 0.475. The highest BCUT2D eigenvalue weighted by Crippen LogP contribution is 2.11. The van der Waals surface area contributed by atoms with Crippen molar-refractivity contribution in [3.05, 3.63) is 24.2 Å². The fourth-order valence-electron chi connectivity index (χ4n) is 1.59. The van der Waals surface area contributed by atoms with Gasteiger partial charge in [-0.2, -0.15) is 0 Å². The van der Waals surface area contributed by atoms with Crippen LogP contribution in [0.15, 0.2) is 22.8 Å². The zero-order valence-electron chi connectivity index (χ0n) is 10.3. The molecule has 0 aromatic carbocycles.